The number of imide groups is 1. The molecule has 2 aliphatic rings. The van der Waals surface area contributed by atoms with E-state index in [1.165, 1.54) is 12.1 Å². The lowest BCUT2D eigenvalue weighted by Gasteiger charge is -2.24. The maximum absolute atomic E-state index is 13.1. The summed E-state index contributed by atoms with van der Waals surface area (Å²) in [6, 6.07) is 5.11. The SMILES string of the molecule is O=C(CN1CCCC1c1ccc(F)cc1)NC(=O)NC1CCS(=O)(=O)C1. The molecule has 2 heterocycles. The Balaban J connectivity index is 1.50. The standard InChI is InChI=1S/C17H22FN3O4S/c18-13-5-3-12(4-6-13)15-2-1-8-21(15)10-16(22)20-17(23)19-14-7-9-26(24,25)11-14/h3-6,14-15H,1-2,7-11H2,(H2,19,20,22,23). The number of nitrogens with zero attached hydrogens (tertiary/aromatic N) is 1. The highest BCUT2D eigenvalue weighted by Gasteiger charge is 2.30. The van der Waals surface area contributed by atoms with Crippen molar-refractivity contribution in [3.63, 3.8) is 0 Å². The quantitative estimate of drug-likeness (QED) is 0.808. The summed E-state index contributed by atoms with van der Waals surface area (Å²) in [5.41, 5.74) is 0.942. The highest BCUT2D eigenvalue weighted by atomic mass is 32.2. The van der Waals surface area contributed by atoms with Crippen molar-refractivity contribution in [1.82, 2.24) is 15.5 Å². The van der Waals surface area contributed by atoms with Gasteiger partial charge in [0, 0.05) is 12.1 Å². The van der Waals surface area contributed by atoms with Gasteiger partial charge in [0.25, 0.3) is 0 Å². The van der Waals surface area contributed by atoms with Crippen LogP contribution in [0.1, 0.15) is 30.9 Å². The van der Waals surface area contributed by atoms with Crippen LogP contribution in [0.4, 0.5) is 9.18 Å². The van der Waals surface area contributed by atoms with Gasteiger partial charge in [0.05, 0.1) is 18.1 Å². The lowest BCUT2D eigenvalue weighted by Crippen LogP contribution is -2.47. The van der Waals surface area contributed by atoms with Crippen molar-refractivity contribution in [3.8, 4) is 0 Å². The molecular weight excluding hydrogens is 361 g/mol. The number of amides is 3. The van der Waals surface area contributed by atoms with Gasteiger partial charge in [-0.25, -0.2) is 17.6 Å². The van der Waals surface area contributed by atoms with Crippen molar-refractivity contribution in [2.45, 2.75) is 31.3 Å². The minimum atomic E-state index is -3.09. The second-order valence-corrected chi connectivity index (χ2v) is 9.03. The number of benzene rings is 1. The molecule has 9 heteroatoms. The Labute approximate surface area is 151 Å². The Morgan fingerprint density at radius 1 is 1.19 bits per heavy atom. The van der Waals surface area contributed by atoms with Crippen molar-refractivity contribution in [1.29, 1.82) is 0 Å². The van der Waals surface area contributed by atoms with Crippen LogP contribution in [0, 0.1) is 5.82 Å². The van der Waals surface area contributed by atoms with Gasteiger partial charge in [0.15, 0.2) is 9.84 Å². The number of halogens is 1. The summed E-state index contributed by atoms with van der Waals surface area (Å²) >= 11 is 0. The van der Waals surface area contributed by atoms with Crippen LogP contribution in [0.3, 0.4) is 0 Å². The number of carbonyl (C=O) groups is 2. The minimum Gasteiger partial charge on any atom is -0.334 e. The van der Waals surface area contributed by atoms with Crippen LogP contribution in [0.2, 0.25) is 0 Å². The number of likely N-dealkylation sites (tertiary alicyclic amines) is 1. The predicted octanol–water partition coefficient (Wildman–Crippen LogP) is 0.976. The molecule has 0 aliphatic carbocycles. The summed E-state index contributed by atoms with van der Waals surface area (Å²) in [4.78, 5) is 26.0. The number of sulfone groups is 1. The Bertz CT molecular complexity index is 782. The van der Waals surface area contributed by atoms with E-state index in [0.29, 0.717) is 6.42 Å². The third kappa shape index (κ3) is 4.79. The largest absolute Gasteiger partial charge is 0.334 e. The molecule has 0 saturated carbocycles. The predicted molar refractivity (Wildman–Crippen MR) is 93.7 cm³/mol. The van der Waals surface area contributed by atoms with Crippen LogP contribution in [0.5, 0.6) is 0 Å². The lowest BCUT2D eigenvalue weighted by atomic mass is 10.0. The Morgan fingerprint density at radius 2 is 1.92 bits per heavy atom. The van der Waals surface area contributed by atoms with Crippen LogP contribution >= 0.6 is 0 Å². The normalized spacial score (nSPS) is 25.1. The highest BCUT2D eigenvalue weighted by molar-refractivity contribution is 7.91. The average molecular weight is 383 g/mol. The van der Waals surface area contributed by atoms with Gasteiger partial charge in [-0.2, -0.15) is 0 Å². The number of hydrogen-bond acceptors (Lipinski definition) is 5. The van der Waals surface area contributed by atoms with Gasteiger partial charge in [-0.05, 0) is 43.5 Å². The molecular formula is C17H22FN3O4S. The molecule has 2 unspecified atom stereocenters. The van der Waals surface area contributed by atoms with Crippen LogP contribution in [-0.4, -0.2) is 55.9 Å². The average Bonchev–Trinajstić information content (AvgIpc) is 3.14. The molecule has 2 N–H and O–H groups in total. The molecule has 0 bridgehead atoms. The van der Waals surface area contributed by atoms with E-state index in [9.17, 15) is 22.4 Å². The van der Waals surface area contributed by atoms with E-state index >= 15 is 0 Å². The van der Waals surface area contributed by atoms with Crippen LogP contribution in [0.25, 0.3) is 0 Å². The number of hydrogen-bond donors (Lipinski definition) is 2. The molecule has 2 aliphatic heterocycles. The number of urea groups is 1. The van der Waals surface area contributed by atoms with Gasteiger partial charge in [-0.1, -0.05) is 12.1 Å². The van der Waals surface area contributed by atoms with Crippen molar-refractivity contribution < 1.29 is 22.4 Å². The van der Waals surface area contributed by atoms with E-state index in [0.717, 1.165) is 24.9 Å². The van der Waals surface area contributed by atoms with Crippen molar-refractivity contribution >= 4 is 21.8 Å². The van der Waals surface area contributed by atoms with Crippen LogP contribution in [-0.2, 0) is 14.6 Å². The second kappa shape index (κ2) is 7.71. The van der Waals surface area contributed by atoms with E-state index in [2.05, 4.69) is 10.6 Å². The Kier molecular flexibility index (Phi) is 5.57. The lowest BCUT2D eigenvalue weighted by molar-refractivity contribution is -0.121. The monoisotopic (exact) mass is 383 g/mol. The summed E-state index contributed by atoms with van der Waals surface area (Å²) in [5, 5.41) is 4.79. The first-order valence-electron chi connectivity index (χ1n) is 8.63. The number of rotatable bonds is 4. The molecule has 3 amide bonds. The molecule has 142 valence electrons. The molecule has 1 aromatic rings. The molecule has 1 aromatic carbocycles. The van der Waals surface area contributed by atoms with Gasteiger partial charge < -0.3 is 5.32 Å². The van der Waals surface area contributed by atoms with Crippen molar-refractivity contribution in [2.24, 2.45) is 0 Å². The summed E-state index contributed by atoms with van der Waals surface area (Å²) in [6.45, 7) is 0.774. The molecule has 2 fully saturated rings. The Hall–Kier alpha value is -2.00. The number of nitrogens with one attached hydrogen (secondary N) is 2. The fourth-order valence-corrected chi connectivity index (χ4v) is 5.23. The summed E-state index contributed by atoms with van der Waals surface area (Å²) in [5.74, 6) is -0.786. The maximum atomic E-state index is 13.1. The van der Waals surface area contributed by atoms with Crippen LogP contribution in [0.15, 0.2) is 24.3 Å². The third-order valence-corrected chi connectivity index (χ3v) is 6.55. The van der Waals surface area contributed by atoms with Crippen LogP contribution < -0.4 is 10.6 Å². The van der Waals surface area contributed by atoms with Gasteiger partial charge in [0.1, 0.15) is 5.82 Å². The van der Waals surface area contributed by atoms with E-state index in [1.807, 2.05) is 4.90 Å². The first-order valence-corrected chi connectivity index (χ1v) is 10.4. The molecule has 0 aromatic heterocycles. The number of carbonyl (C=O) groups excluding carboxylic acids is 2. The summed E-state index contributed by atoms with van der Waals surface area (Å²) in [7, 11) is -3.09. The molecule has 0 spiro atoms. The highest BCUT2D eigenvalue weighted by Crippen LogP contribution is 2.31. The molecule has 0 radical (unpaired) electrons. The Morgan fingerprint density at radius 3 is 2.58 bits per heavy atom. The first-order chi connectivity index (χ1) is 12.3. The van der Waals surface area contributed by atoms with E-state index < -0.39 is 27.8 Å². The zero-order valence-corrected chi connectivity index (χ0v) is 15.1. The smallest absolute Gasteiger partial charge is 0.321 e. The first kappa shape index (κ1) is 18.8. The molecule has 26 heavy (non-hydrogen) atoms. The second-order valence-electron chi connectivity index (χ2n) is 6.80. The molecule has 2 atom stereocenters. The van der Waals surface area contributed by atoms with Gasteiger partial charge in [-0.3, -0.25) is 15.0 Å². The maximum Gasteiger partial charge on any atom is 0.321 e. The van der Waals surface area contributed by atoms with E-state index in [-0.39, 0.29) is 29.9 Å². The van der Waals surface area contributed by atoms with E-state index in [4.69, 9.17) is 0 Å². The van der Waals surface area contributed by atoms with Gasteiger partial charge >= 0.3 is 6.03 Å². The zero-order chi connectivity index (χ0) is 18.7. The molecule has 2 saturated heterocycles. The zero-order valence-electron chi connectivity index (χ0n) is 14.3. The summed E-state index contributed by atoms with van der Waals surface area (Å²) < 4.78 is 35.9. The third-order valence-electron chi connectivity index (χ3n) is 4.79. The molecule has 7 nitrogen and oxygen atoms in total. The topological polar surface area (TPSA) is 95.6 Å². The van der Waals surface area contributed by atoms with E-state index in [1.54, 1.807) is 12.1 Å². The van der Waals surface area contributed by atoms with Crippen molar-refractivity contribution in [2.75, 3.05) is 24.6 Å². The summed E-state index contributed by atoms with van der Waals surface area (Å²) in [6.07, 6.45) is 2.15. The fraction of sp³-hybridized carbons (Fsp3) is 0.529. The fourth-order valence-electron chi connectivity index (χ4n) is 3.56. The van der Waals surface area contributed by atoms with Crippen molar-refractivity contribution in [3.05, 3.63) is 35.6 Å². The minimum absolute atomic E-state index is 0.0180. The van der Waals surface area contributed by atoms with Gasteiger partial charge in [0.2, 0.25) is 5.91 Å². The molecule has 3 rings (SSSR count). The van der Waals surface area contributed by atoms with Gasteiger partial charge in [-0.15, -0.1) is 0 Å².